The third-order valence-electron chi connectivity index (χ3n) is 4.33. The lowest BCUT2D eigenvalue weighted by atomic mass is 10.1. The van der Waals surface area contributed by atoms with Gasteiger partial charge in [-0.1, -0.05) is 42.5 Å². The highest BCUT2D eigenvalue weighted by atomic mass is 32.2. The first-order chi connectivity index (χ1) is 12.9. The first-order valence-electron chi connectivity index (χ1n) is 8.43. The molecule has 0 aliphatic heterocycles. The molecule has 1 atom stereocenters. The number of benzene rings is 3. The van der Waals surface area contributed by atoms with Gasteiger partial charge in [-0.05, 0) is 48.9 Å². The zero-order valence-corrected chi connectivity index (χ0v) is 15.9. The summed E-state index contributed by atoms with van der Waals surface area (Å²) < 4.78 is 47.4. The van der Waals surface area contributed by atoms with E-state index in [1.807, 2.05) is 0 Å². The molecule has 6 heteroatoms. The topological polar surface area (TPSA) is 46.6 Å². The molecule has 0 aliphatic rings. The minimum atomic E-state index is -4.12. The summed E-state index contributed by atoms with van der Waals surface area (Å²) >= 11 is 0. The van der Waals surface area contributed by atoms with Gasteiger partial charge in [0.1, 0.15) is 16.5 Å². The lowest BCUT2D eigenvalue weighted by Crippen LogP contribution is -2.34. The maximum Gasteiger partial charge on any atom is 0.267 e. The minimum Gasteiger partial charge on any atom is -0.497 e. The average molecular weight is 385 g/mol. The van der Waals surface area contributed by atoms with E-state index in [2.05, 4.69) is 0 Å². The van der Waals surface area contributed by atoms with Gasteiger partial charge in [-0.3, -0.25) is 4.31 Å². The SMILES string of the molecule is COc1ccc(C(C)N(c2ccccc2)S(=O)(=O)c2ccccc2F)cc1. The molecule has 0 aliphatic carbocycles. The van der Waals surface area contributed by atoms with Crippen molar-refractivity contribution in [2.45, 2.75) is 17.9 Å². The third kappa shape index (κ3) is 3.80. The largest absolute Gasteiger partial charge is 0.497 e. The van der Waals surface area contributed by atoms with E-state index in [1.54, 1.807) is 68.6 Å². The Labute approximate surface area is 158 Å². The molecule has 27 heavy (non-hydrogen) atoms. The van der Waals surface area contributed by atoms with Crippen molar-refractivity contribution in [3.8, 4) is 5.75 Å². The highest BCUT2D eigenvalue weighted by molar-refractivity contribution is 7.92. The van der Waals surface area contributed by atoms with E-state index >= 15 is 0 Å². The highest BCUT2D eigenvalue weighted by Gasteiger charge is 2.32. The van der Waals surface area contributed by atoms with Crippen molar-refractivity contribution in [1.82, 2.24) is 0 Å². The molecule has 1 unspecified atom stereocenters. The molecule has 0 N–H and O–H groups in total. The van der Waals surface area contributed by atoms with Crippen LogP contribution in [0.2, 0.25) is 0 Å². The summed E-state index contributed by atoms with van der Waals surface area (Å²) in [6.07, 6.45) is 0. The lowest BCUT2D eigenvalue weighted by Gasteiger charge is -2.31. The molecule has 0 fully saturated rings. The van der Waals surface area contributed by atoms with Gasteiger partial charge in [-0.2, -0.15) is 0 Å². The van der Waals surface area contributed by atoms with Crippen LogP contribution in [0.5, 0.6) is 5.75 Å². The molecule has 0 aromatic heterocycles. The minimum absolute atomic E-state index is 0.353. The summed E-state index contributed by atoms with van der Waals surface area (Å²) in [6, 6.07) is 20.7. The van der Waals surface area contributed by atoms with Crippen LogP contribution in [-0.4, -0.2) is 15.5 Å². The Kier molecular flexibility index (Phi) is 5.46. The van der Waals surface area contributed by atoms with Gasteiger partial charge in [0.15, 0.2) is 0 Å². The van der Waals surface area contributed by atoms with Gasteiger partial charge >= 0.3 is 0 Å². The van der Waals surface area contributed by atoms with Crippen molar-refractivity contribution in [1.29, 1.82) is 0 Å². The van der Waals surface area contributed by atoms with Crippen LogP contribution in [0.3, 0.4) is 0 Å². The molecule has 3 rings (SSSR count). The Bertz CT molecular complexity index is 1010. The second-order valence-corrected chi connectivity index (χ2v) is 7.80. The number of ether oxygens (including phenoxy) is 1. The molecule has 0 heterocycles. The van der Waals surface area contributed by atoms with Crippen molar-refractivity contribution < 1.29 is 17.5 Å². The van der Waals surface area contributed by atoms with E-state index in [0.717, 1.165) is 11.6 Å². The predicted molar refractivity (Wildman–Crippen MR) is 104 cm³/mol. The van der Waals surface area contributed by atoms with Crippen molar-refractivity contribution in [3.05, 3.63) is 90.2 Å². The van der Waals surface area contributed by atoms with Gasteiger partial charge in [-0.25, -0.2) is 12.8 Å². The fourth-order valence-corrected chi connectivity index (χ4v) is 4.64. The number of nitrogens with zero attached hydrogens (tertiary/aromatic N) is 1. The number of halogens is 1. The Hall–Kier alpha value is -2.86. The summed E-state index contributed by atoms with van der Waals surface area (Å²) in [5.74, 6) is -0.102. The molecule has 0 bridgehead atoms. The van der Waals surface area contributed by atoms with Gasteiger partial charge in [0, 0.05) is 0 Å². The Morgan fingerprint density at radius 1 is 0.889 bits per heavy atom. The van der Waals surface area contributed by atoms with Gasteiger partial charge < -0.3 is 4.74 Å². The molecule has 0 amide bonds. The molecule has 0 saturated carbocycles. The number of para-hydroxylation sites is 1. The summed E-state index contributed by atoms with van der Waals surface area (Å²) in [7, 11) is -2.55. The zero-order chi connectivity index (χ0) is 19.4. The normalized spacial score (nSPS) is 12.4. The van der Waals surface area contributed by atoms with Crippen molar-refractivity contribution in [2.24, 2.45) is 0 Å². The molecule has 0 saturated heterocycles. The number of sulfonamides is 1. The van der Waals surface area contributed by atoms with Gasteiger partial charge in [0.2, 0.25) is 0 Å². The Morgan fingerprint density at radius 2 is 1.48 bits per heavy atom. The fourth-order valence-electron chi connectivity index (χ4n) is 2.92. The van der Waals surface area contributed by atoms with E-state index in [9.17, 15) is 12.8 Å². The third-order valence-corrected chi connectivity index (χ3v) is 6.27. The highest BCUT2D eigenvalue weighted by Crippen LogP contribution is 2.34. The Balaban J connectivity index is 2.13. The lowest BCUT2D eigenvalue weighted by molar-refractivity contribution is 0.414. The monoisotopic (exact) mass is 385 g/mol. The predicted octanol–water partition coefficient (Wildman–Crippen LogP) is 4.79. The number of hydrogen-bond donors (Lipinski definition) is 0. The molecule has 3 aromatic carbocycles. The van der Waals surface area contributed by atoms with Gasteiger partial charge in [0.05, 0.1) is 18.8 Å². The molecule has 3 aromatic rings. The molecular formula is C21H20FNO3S. The summed E-state index contributed by atoms with van der Waals surface area (Å²) in [5, 5.41) is 0. The van der Waals surface area contributed by atoms with E-state index in [0.29, 0.717) is 11.4 Å². The van der Waals surface area contributed by atoms with E-state index < -0.39 is 21.9 Å². The summed E-state index contributed by atoms with van der Waals surface area (Å²) in [4.78, 5) is -0.353. The van der Waals surface area contributed by atoms with Crippen LogP contribution < -0.4 is 9.04 Å². The van der Waals surface area contributed by atoms with E-state index in [1.165, 1.54) is 22.5 Å². The van der Waals surface area contributed by atoms with Crippen LogP contribution in [0.1, 0.15) is 18.5 Å². The molecule has 0 spiro atoms. The van der Waals surface area contributed by atoms with Gasteiger partial charge in [0.25, 0.3) is 10.0 Å². The second-order valence-electron chi connectivity index (χ2n) is 6.02. The van der Waals surface area contributed by atoms with E-state index in [4.69, 9.17) is 4.74 Å². The van der Waals surface area contributed by atoms with Crippen LogP contribution in [0.25, 0.3) is 0 Å². The number of methoxy groups -OCH3 is 1. The van der Waals surface area contributed by atoms with Gasteiger partial charge in [-0.15, -0.1) is 0 Å². The molecule has 140 valence electrons. The average Bonchev–Trinajstić information content (AvgIpc) is 2.69. The van der Waals surface area contributed by atoms with Crippen LogP contribution in [0, 0.1) is 5.82 Å². The summed E-state index contributed by atoms with van der Waals surface area (Å²) in [6.45, 7) is 1.77. The molecule has 4 nitrogen and oxygen atoms in total. The van der Waals surface area contributed by atoms with Crippen molar-refractivity contribution >= 4 is 15.7 Å². The fraction of sp³-hybridized carbons (Fsp3) is 0.143. The van der Waals surface area contributed by atoms with Crippen LogP contribution >= 0.6 is 0 Å². The van der Waals surface area contributed by atoms with Crippen molar-refractivity contribution in [2.75, 3.05) is 11.4 Å². The molecular weight excluding hydrogens is 365 g/mol. The van der Waals surface area contributed by atoms with Crippen LogP contribution in [0.15, 0.2) is 83.8 Å². The number of anilines is 1. The quantitative estimate of drug-likeness (QED) is 0.613. The summed E-state index contributed by atoms with van der Waals surface area (Å²) in [5.41, 5.74) is 1.23. The maximum atomic E-state index is 14.3. The standard InChI is InChI=1S/C21H20FNO3S/c1-16(17-12-14-19(26-2)15-13-17)23(18-8-4-3-5-9-18)27(24,25)21-11-7-6-10-20(21)22/h3-16H,1-2H3. The molecule has 0 radical (unpaired) electrons. The first-order valence-corrected chi connectivity index (χ1v) is 9.87. The zero-order valence-electron chi connectivity index (χ0n) is 15.0. The smallest absolute Gasteiger partial charge is 0.267 e. The Morgan fingerprint density at radius 3 is 2.07 bits per heavy atom. The maximum absolute atomic E-state index is 14.3. The van der Waals surface area contributed by atoms with Crippen LogP contribution in [0.4, 0.5) is 10.1 Å². The van der Waals surface area contributed by atoms with E-state index in [-0.39, 0.29) is 4.90 Å². The first kappa shape index (κ1) is 18.9. The van der Waals surface area contributed by atoms with Crippen LogP contribution in [-0.2, 0) is 10.0 Å². The number of rotatable bonds is 6. The number of hydrogen-bond acceptors (Lipinski definition) is 3. The second kappa shape index (κ2) is 7.80. The van der Waals surface area contributed by atoms with Crippen molar-refractivity contribution in [3.63, 3.8) is 0 Å².